The summed E-state index contributed by atoms with van der Waals surface area (Å²) in [5, 5.41) is 2.13. The molecule has 1 heterocycles. The molecule has 1 atom stereocenters. The number of fused-ring (bicyclic) bond motifs is 2. The Morgan fingerprint density at radius 2 is 1.75 bits per heavy atom. The minimum absolute atomic E-state index is 0.219. The molecule has 0 aliphatic carbocycles. The number of anilines is 1. The first-order valence-corrected chi connectivity index (χ1v) is 9.32. The van der Waals surface area contributed by atoms with Crippen LogP contribution in [0.15, 0.2) is 66.7 Å². The van der Waals surface area contributed by atoms with Crippen LogP contribution in [-0.4, -0.2) is 31.1 Å². The summed E-state index contributed by atoms with van der Waals surface area (Å²) in [6, 6.07) is 21.3. The monoisotopic (exact) mass is 375 g/mol. The van der Waals surface area contributed by atoms with Gasteiger partial charge in [-0.05, 0) is 47.9 Å². The maximum absolute atomic E-state index is 12.7. The van der Waals surface area contributed by atoms with E-state index in [1.165, 1.54) is 0 Å². The molecule has 4 rings (SSSR count). The average Bonchev–Trinajstić information content (AvgIpc) is 3.15. The van der Waals surface area contributed by atoms with Crippen molar-refractivity contribution in [1.29, 1.82) is 0 Å². The molecule has 5 heteroatoms. The van der Waals surface area contributed by atoms with Gasteiger partial charge < -0.3 is 14.4 Å². The Labute approximate surface area is 163 Å². The molecule has 1 aliphatic rings. The SMILES string of the molecule is C[C@@H](OC(=O)COc1ccc2ccccc2c1)C(=O)N1CCc2ccccc21. The van der Waals surface area contributed by atoms with Gasteiger partial charge in [0.15, 0.2) is 12.7 Å². The fourth-order valence-electron chi connectivity index (χ4n) is 3.47. The van der Waals surface area contributed by atoms with Crippen LogP contribution in [0.5, 0.6) is 5.75 Å². The first-order chi connectivity index (χ1) is 13.6. The first-order valence-electron chi connectivity index (χ1n) is 9.32. The molecule has 142 valence electrons. The van der Waals surface area contributed by atoms with Crippen LogP contribution in [0.3, 0.4) is 0 Å². The summed E-state index contributed by atoms with van der Waals surface area (Å²) in [5.41, 5.74) is 2.02. The Bertz CT molecular complexity index is 1030. The summed E-state index contributed by atoms with van der Waals surface area (Å²) in [6.45, 7) is 1.96. The van der Waals surface area contributed by atoms with Crippen LogP contribution in [0.2, 0.25) is 0 Å². The van der Waals surface area contributed by atoms with E-state index < -0.39 is 12.1 Å². The van der Waals surface area contributed by atoms with E-state index in [1.54, 1.807) is 11.8 Å². The van der Waals surface area contributed by atoms with Crippen molar-refractivity contribution in [3.63, 3.8) is 0 Å². The van der Waals surface area contributed by atoms with E-state index in [0.717, 1.165) is 28.4 Å². The maximum Gasteiger partial charge on any atom is 0.344 e. The van der Waals surface area contributed by atoms with E-state index in [2.05, 4.69) is 0 Å². The highest BCUT2D eigenvalue weighted by molar-refractivity contribution is 5.99. The molecule has 1 aliphatic heterocycles. The summed E-state index contributed by atoms with van der Waals surface area (Å²) >= 11 is 0. The molecule has 1 amide bonds. The van der Waals surface area contributed by atoms with Crippen LogP contribution in [0.4, 0.5) is 5.69 Å². The van der Waals surface area contributed by atoms with Gasteiger partial charge in [-0.25, -0.2) is 4.79 Å². The molecule has 0 spiro atoms. The average molecular weight is 375 g/mol. The Morgan fingerprint density at radius 3 is 2.61 bits per heavy atom. The summed E-state index contributed by atoms with van der Waals surface area (Å²) < 4.78 is 10.8. The Hall–Kier alpha value is -3.34. The molecule has 0 fully saturated rings. The van der Waals surface area contributed by atoms with Gasteiger partial charge in [-0.15, -0.1) is 0 Å². The van der Waals surface area contributed by atoms with Crippen LogP contribution in [0, 0.1) is 0 Å². The predicted octanol–water partition coefficient (Wildman–Crippen LogP) is 3.74. The lowest BCUT2D eigenvalue weighted by molar-refractivity contribution is -0.155. The van der Waals surface area contributed by atoms with Crippen LogP contribution >= 0.6 is 0 Å². The molecule has 0 aromatic heterocycles. The number of esters is 1. The maximum atomic E-state index is 12.7. The van der Waals surface area contributed by atoms with Crippen molar-refractivity contribution >= 4 is 28.3 Å². The molecule has 3 aromatic carbocycles. The number of amides is 1. The second kappa shape index (κ2) is 7.72. The minimum atomic E-state index is -0.862. The summed E-state index contributed by atoms with van der Waals surface area (Å²) in [5.74, 6) is -0.200. The molecule has 0 saturated carbocycles. The highest BCUT2D eigenvalue weighted by Gasteiger charge is 2.29. The third kappa shape index (κ3) is 3.69. The van der Waals surface area contributed by atoms with Gasteiger partial charge in [0.05, 0.1) is 0 Å². The third-order valence-electron chi connectivity index (χ3n) is 4.89. The number of carbonyl (C=O) groups is 2. The highest BCUT2D eigenvalue weighted by atomic mass is 16.6. The number of rotatable bonds is 5. The van der Waals surface area contributed by atoms with Crippen molar-refractivity contribution in [2.24, 2.45) is 0 Å². The lowest BCUT2D eigenvalue weighted by Crippen LogP contribution is -2.39. The van der Waals surface area contributed by atoms with Crippen molar-refractivity contribution in [3.05, 3.63) is 72.3 Å². The number of hydrogen-bond donors (Lipinski definition) is 0. The van der Waals surface area contributed by atoms with Crippen LogP contribution in [-0.2, 0) is 20.7 Å². The molecule has 3 aromatic rings. The van der Waals surface area contributed by atoms with E-state index in [0.29, 0.717) is 12.3 Å². The van der Waals surface area contributed by atoms with E-state index in [1.807, 2.05) is 66.7 Å². The first kappa shape index (κ1) is 18.0. The zero-order valence-electron chi connectivity index (χ0n) is 15.6. The topological polar surface area (TPSA) is 55.8 Å². The third-order valence-corrected chi connectivity index (χ3v) is 4.89. The van der Waals surface area contributed by atoms with Gasteiger partial charge in [0.1, 0.15) is 5.75 Å². The van der Waals surface area contributed by atoms with Crippen molar-refractivity contribution in [2.45, 2.75) is 19.4 Å². The molecule has 0 bridgehead atoms. The summed E-state index contributed by atoms with van der Waals surface area (Å²) in [7, 11) is 0. The zero-order chi connectivity index (χ0) is 19.5. The Balaban J connectivity index is 1.33. The number of para-hydroxylation sites is 1. The second-order valence-electron chi connectivity index (χ2n) is 6.80. The molecule has 0 saturated heterocycles. The number of nitrogens with zero attached hydrogens (tertiary/aromatic N) is 1. The van der Waals surface area contributed by atoms with E-state index in [9.17, 15) is 9.59 Å². The van der Waals surface area contributed by atoms with Gasteiger partial charge in [0, 0.05) is 12.2 Å². The summed E-state index contributed by atoms with van der Waals surface area (Å²) in [4.78, 5) is 26.5. The van der Waals surface area contributed by atoms with Crippen molar-refractivity contribution in [1.82, 2.24) is 0 Å². The Kier molecular flexibility index (Phi) is 4.98. The highest BCUT2D eigenvalue weighted by Crippen LogP contribution is 2.28. The fourth-order valence-corrected chi connectivity index (χ4v) is 3.47. The minimum Gasteiger partial charge on any atom is -0.482 e. The van der Waals surface area contributed by atoms with Gasteiger partial charge in [0.2, 0.25) is 0 Å². The Morgan fingerprint density at radius 1 is 1.00 bits per heavy atom. The standard InChI is InChI=1S/C23H21NO4/c1-16(23(26)24-13-12-18-7-4-5-9-21(18)24)28-22(25)15-27-20-11-10-17-6-2-3-8-19(17)14-20/h2-11,14,16H,12-13,15H2,1H3/t16-/m1/s1. The number of ether oxygens (including phenoxy) is 2. The van der Waals surface area contributed by atoms with Gasteiger partial charge in [-0.1, -0.05) is 48.5 Å². The number of carbonyl (C=O) groups excluding carboxylic acids is 2. The van der Waals surface area contributed by atoms with Gasteiger partial charge >= 0.3 is 5.97 Å². The molecular weight excluding hydrogens is 354 g/mol. The van der Waals surface area contributed by atoms with Gasteiger partial charge in [0.25, 0.3) is 5.91 Å². The molecule has 0 radical (unpaired) electrons. The molecule has 0 unspecified atom stereocenters. The molecule has 5 nitrogen and oxygen atoms in total. The normalized spacial score (nSPS) is 13.8. The van der Waals surface area contributed by atoms with Gasteiger partial charge in [-0.2, -0.15) is 0 Å². The summed E-state index contributed by atoms with van der Waals surface area (Å²) in [6.07, 6.45) is -0.0490. The molecule has 28 heavy (non-hydrogen) atoms. The van der Waals surface area contributed by atoms with Crippen LogP contribution in [0.1, 0.15) is 12.5 Å². The lowest BCUT2D eigenvalue weighted by Gasteiger charge is -2.21. The molecular formula is C23H21NO4. The van der Waals surface area contributed by atoms with Crippen molar-refractivity contribution in [3.8, 4) is 5.75 Å². The van der Waals surface area contributed by atoms with Crippen molar-refractivity contribution < 1.29 is 19.1 Å². The smallest absolute Gasteiger partial charge is 0.344 e. The second-order valence-corrected chi connectivity index (χ2v) is 6.80. The fraction of sp³-hybridized carbons (Fsp3) is 0.217. The van der Waals surface area contributed by atoms with E-state index in [4.69, 9.17) is 9.47 Å². The van der Waals surface area contributed by atoms with Crippen LogP contribution < -0.4 is 9.64 Å². The van der Waals surface area contributed by atoms with E-state index >= 15 is 0 Å². The number of benzene rings is 3. The van der Waals surface area contributed by atoms with Gasteiger partial charge in [-0.3, -0.25) is 4.79 Å². The predicted molar refractivity (Wildman–Crippen MR) is 107 cm³/mol. The quantitative estimate of drug-likeness (QED) is 0.638. The van der Waals surface area contributed by atoms with E-state index in [-0.39, 0.29) is 12.5 Å². The number of hydrogen-bond acceptors (Lipinski definition) is 4. The largest absolute Gasteiger partial charge is 0.482 e. The molecule has 0 N–H and O–H groups in total. The lowest BCUT2D eigenvalue weighted by atomic mass is 10.1. The zero-order valence-corrected chi connectivity index (χ0v) is 15.6. The van der Waals surface area contributed by atoms with Crippen molar-refractivity contribution in [2.75, 3.05) is 18.1 Å². The van der Waals surface area contributed by atoms with Crippen LogP contribution in [0.25, 0.3) is 10.8 Å².